The molecule has 0 radical (unpaired) electrons. The molecule has 0 aromatic heterocycles. The van der Waals surface area contributed by atoms with E-state index in [-0.39, 0.29) is 10.8 Å². The first kappa shape index (κ1) is 30.5. The van der Waals surface area contributed by atoms with Crippen LogP contribution in [-0.4, -0.2) is 75.7 Å². The van der Waals surface area contributed by atoms with Crippen LogP contribution < -0.4 is 14.9 Å². The molecule has 14 heteroatoms. The van der Waals surface area contributed by atoms with Gasteiger partial charge in [0.2, 0.25) is 0 Å². The van der Waals surface area contributed by atoms with Crippen LogP contribution in [0.5, 0.6) is 0 Å². The smallest absolute Gasteiger partial charge is 0.475 e. The Kier molecular flexibility index (Phi) is 10.1. The number of amides is 1. The zero-order valence-corrected chi connectivity index (χ0v) is 22.7. The summed E-state index contributed by atoms with van der Waals surface area (Å²) in [5, 5.41) is 10.9. The molecule has 2 heterocycles. The van der Waals surface area contributed by atoms with E-state index >= 15 is 0 Å². The maximum Gasteiger partial charge on any atom is 0.490 e. The number of sulfonamides is 1. The Balaban J connectivity index is 0.000000532. The summed E-state index contributed by atoms with van der Waals surface area (Å²) in [5.41, 5.74) is 1.68. The second-order valence-corrected chi connectivity index (χ2v) is 11.4. The number of carboxylic acid groups (broad SMARTS) is 1. The minimum Gasteiger partial charge on any atom is -0.475 e. The number of halogens is 4. The molecule has 2 aliphatic heterocycles. The average molecular weight is 591 g/mol. The average Bonchev–Trinajstić information content (AvgIpc) is 2.88. The van der Waals surface area contributed by atoms with Gasteiger partial charge in [-0.2, -0.15) is 13.2 Å². The first-order valence-electron chi connectivity index (χ1n) is 12.3. The van der Waals surface area contributed by atoms with Crippen LogP contribution in [-0.2, 0) is 14.8 Å². The molecule has 2 aromatic rings. The van der Waals surface area contributed by atoms with Crippen molar-refractivity contribution in [2.45, 2.75) is 30.8 Å². The molecule has 4 rings (SSSR count). The number of nitrogens with zero attached hydrogens (tertiary/aromatic N) is 2. The Morgan fingerprint density at radius 3 is 2.26 bits per heavy atom. The Morgan fingerprint density at radius 1 is 1.08 bits per heavy atom. The highest BCUT2D eigenvalue weighted by Crippen LogP contribution is 2.31. The maximum absolute atomic E-state index is 13.2. The highest BCUT2D eigenvalue weighted by molar-refractivity contribution is 7.92. The van der Waals surface area contributed by atoms with Gasteiger partial charge < -0.3 is 20.2 Å². The van der Waals surface area contributed by atoms with Gasteiger partial charge in [0.25, 0.3) is 15.9 Å². The molecular weight excluding hydrogens is 561 g/mol. The number of carboxylic acids is 1. The van der Waals surface area contributed by atoms with E-state index in [4.69, 9.17) is 21.5 Å². The van der Waals surface area contributed by atoms with Crippen LogP contribution >= 0.6 is 11.6 Å². The number of anilines is 2. The van der Waals surface area contributed by atoms with Crippen LogP contribution in [0.15, 0.2) is 47.4 Å². The number of carbonyl (C=O) groups excluding carboxylic acids is 1. The number of likely N-dealkylation sites (tertiary alicyclic amines) is 1. The van der Waals surface area contributed by atoms with Crippen molar-refractivity contribution in [1.29, 1.82) is 0 Å². The molecule has 1 amide bonds. The lowest BCUT2D eigenvalue weighted by Gasteiger charge is -2.33. The second kappa shape index (κ2) is 12.9. The molecule has 2 fully saturated rings. The lowest BCUT2D eigenvalue weighted by molar-refractivity contribution is -0.192. The number of hydrogen-bond acceptors (Lipinski definition) is 6. The number of nitrogens with one attached hydrogen (secondary N) is 2. The molecule has 0 spiro atoms. The Hall–Kier alpha value is -3.03. The molecule has 214 valence electrons. The van der Waals surface area contributed by atoms with Crippen LogP contribution in [0.4, 0.5) is 24.5 Å². The van der Waals surface area contributed by atoms with Crippen molar-refractivity contribution in [3.05, 3.63) is 53.1 Å². The van der Waals surface area contributed by atoms with E-state index < -0.39 is 22.2 Å². The highest BCUT2D eigenvalue weighted by atomic mass is 35.5. The number of piperidine rings is 1. The molecule has 0 aliphatic carbocycles. The topological polar surface area (TPSA) is 119 Å². The fraction of sp³-hybridized carbons (Fsp3) is 0.440. The molecule has 0 bridgehead atoms. The van der Waals surface area contributed by atoms with Crippen molar-refractivity contribution in [2.75, 3.05) is 48.9 Å². The molecular formula is C25H30ClF3N4O5S. The quantitative estimate of drug-likeness (QED) is 0.481. The van der Waals surface area contributed by atoms with E-state index in [1.165, 1.54) is 12.1 Å². The van der Waals surface area contributed by atoms with Crippen molar-refractivity contribution in [3.63, 3.8) is 0 Å². The highest BCUT2D eigenvalue weighted by Gasteiger charge is 2.38. The van der Waals surface area contributed by atoms with Crippen molar-refractivity contribution in [3.8, 4) is 0 Å². The van der Waals surface area contributed by atoms with Gasteiger partial charge in [-0.1, -0.05) is 18.5 Å². The van der Waals surface area contributed by atoms with Gasteiger partial charge in [0, 0.05) is 49.9 Å². The lowest BCUT2D eigenvalue weighted by atomic mass is 9.99. The number of alkyl halides is 3. The summed E-state index contributed by atoms with van der Waals surface area (Å²) in [6.45, 7) is 6.75. The molecule has 3 N–H and O–H groups in total. The maximum atomic E-state index is 13.2. The predicted molar refractivity (Wildman–Crippen MR) is 142 cm³/mol. The van der Waals surface area contributed by atoms with Gasteiger partial charge in [0.05, 0.1) is 16.3 Å². The second-order valence-electron chi connectivity index (χ2n) is 9.33. The summed E-state index contributed by atoms with van der Waals surface area (Å²) in [4.78, 5) is 26.2. The fourth-order valence-electron chi connectivity index (χ4n) is 4.31. The summed E-state index contributed by atoms with van der Waals surface area (Å²) in [6.07, 6.45) is -2.97. The van der Waals surface area contributed by atoms with Crippen LogP contribution in [0.25, 0.3) is 0 Å². The van der Waals surface area contributed by atoms with Gasteiger partial charge in [-0.15, -0.1) is 0 Å². The van der Waals surface area contributed by atoms with Gasteiger partial charge in [-0.3, -0.25) is 9.52 Å². The number of hydrogen-bond donors (Lipinski definition) is 3. The predicted octanol–water partition coefficient (Wildman–Crippen LogP) is 4.06. The minimum absolute atomic E-state index is 0.0599. The van der Waals surface area contributed by atoms with Crippen LogP contribution in [0.3, 0.4) is 0 Å². The van der Waals surface area contributed by atoms with Gasteiger partial charge in [-0.05, 0) is 61.2 Å². The SMILES string of the molecule is CC1CCCN(C(=O)c2ccc(N3CCNCC3)c(NS(=O)(=O)c3ccc(Cl)cc3)c2)C1.O=C(O)C(F)(F)F. The third kappa shape index (κ3) is 8.48. The molecule has 2 saturated heterocycles. The van der Waals surface area contributed by atoms with Crippen molar-refractivity contribution in [2.24, 2.45) is 5.92 Å². The summed E-state index contributed by atoms with van der Waals surface area (Å²) in [6, 6.07) is 11.4. The van der Waals surface area contributed by atoms with E-state index in [2.05, 4.69) is 21.9 Å². The number of piperazine rings is 1. The van der Waals surface area contributed by atoms with E-state index in [0.29, 0.717) is 22.2 Å². The molecule has 2 aliphatic rings. The summed E-state index contributed by atoms with van der Waals surface area (Å²) < 4.78 is 60.6. The van der Waals surface area contributed by atoms with Crippen molar-refractivity contribution >= 4 is 44.9 Å². The molecule has 39 heavy (non-hydrogen) atoms. The molecule has 1 atom stereocenters. The Bertz CT molecular complexity index is 1270. The van der Waals surface area contributed by atoms with Gasteiger partial charge in [0.15, 0.2) is 0 Å². The van der Waals surface area contributed by atoms with Crippen molar-refractivity contribution in [1.82, 2.24) is 10.2 Å². The normalized spacial score (nSPS) is 18.1. The first-order chi connectivity index (χ1) is 18.3. The third-order valence-electron chi connectivity index (χ3n) is 6.26. The third-order valence-corrected chi connectivity index (χ3v) is 7.89. The number of aliphatic carboxylic acids is 1. The Morgan fingerprint density at radius 2 is 1.69 bits per heavy atom. The van der Waals surface area contributed by atoms with Gasteiger partial charge in [-0.25, -0.2) is 13.2 Å². The van der Waals surface area contributed by atoms with E-state index in [9.17, 15) is 26.4 Å². The minimum atomic E-state index is -5.08. The standard InChI is InChI=1S/C23H29ClN4O3S.C2HF3O2/c1-17-3-2-12-28(16-17)23(29)18-4-9-22(27-13-10-25-11-14-27)21(15-18)26-32(30,31)20-7-5-19(24)6-8-20;3-2(4,5)1(6)7/h4-9,15,17,25-26H,2-3,10-14,16H2,1H3;(H,6,7). The fourth-order valence-corrected chi connectivity index (χ4v) is 5.50. The van der Waals surface area contributed by atoms with Crippen molar-refractivity contribution < 1.29 is 36.3 Å². The Labute approximate surface area is 230 Å². The van der Waals surface area contributed by atoms with Crippen LogP contribution in [0.1, 0.15) is 30.1 Å². The zero-order chi connectivity index (χ0) is 28.8. The number of rotatable bonds is 5. The lowest BCUT2D eigenvalue weighted by Crippen LogP contribution is -2.44. The van der Waals surface area contributed by atoms with E-state index in [1.807, 2.05) is 11.0 Å². The van der Waals surface area contributed by atoms with E-state index in [0.717, 1.165) is 57.8 Å². The zero-order valence-electron chi connectivity index (χ0n) is 21.2. The molecule has 2 aromatic carbocycles. The summed E-state index contributed by atoms with van der Waals surface area (Å²) in [7, 11) is -3.84. The molecule has 0 saturated carbocycles. The number of carbonyl (C=O) groups is 2. The summed E-state index contributed by atoms with van der Waals surface area (Å²) >= 11 is 5.92. The van der Waals surface area contributed by atoms with Gasteiger partial charge in [0.1, 0.15) is 0 Å². The molecule has 9 nitrogen and oxygen atoms in total. The molecule has 1 unspecified atom stereocenters. The monoisotopic (exact) mass is 590 g/mol. The van der Waals surface area contributed by atoms with Crippen LogP contribution in [0, 0.1) is 5.92 Å². The first-order valence-corrected chi connectivity index (χ1v) is 14.1. The van der Waals surface area contributed by atoms with E-state index in [1.54, 1.807) is 24.3 Å². The van der Waals surface area contributed by atoms with Crippen LogP contribution in [0.2, 0.25) is 5.02 Å². The number of benzene rings is 2. The largest absolute Gasteiger partial charge is 0.490 e. The van der Waals surface area contributed by atoms with Gasteiger partial charge >= 0.3 is 12.1 Å². The summed E-state index contributed by atoms with van der Waals surface area (Å²) in [5.74, 6) is -2.35.